The lowest BCUT2D eigenvalue weighted by Gasteiger charge is -2.30. The molecule has 0 unspecified atom stereocenters. The van der Waals surface area contributed by atoms with Gasteiger partial charge in [-0.2, -0.15) is 0 Å². The Morgan fingerprint density at radius 2 is 1.77 bits per heavy atom. The maximum atomic E-state index is 14.5. The third-order valence-corrected chi connectivity index (χ3v) is 13.5. The lowest BCUT2D eigenvalue weighted by molar-refractivity contribution is -0.274. The first-order chi connectivity index (χ1) is 26.5. The molecule has 0 bridgehead atoms. The van der Waals surface area contributed by atoms with Gasteiger partial charge in [0.05, 0.1) is 17.8 Å². The number of hydrogen-bond acceptors (Lipinski definition) is 9. The Kier molecular flexibility index (Phi) is 10.5. The second kappa shape index (κ2) is 14.9. The average molecular weight is 806 g/mol. The fraction of sp³-hybridized carbons (Fsp3) is 0.526. The number of hydrogen-bond donors (Lipinski definition) is 3. The number of carbonyl (C=O) groups is 4. The number of fused-ring (bicyclic) bond motifs is 3. The largest absolute Gasteiger partial charge is 0.573 e. The van der Waals surface area contributed by atoms with Crippen molar-refractivity contribution in [1.29, 1.82) is 0 Å². The van der Waals surface area contributed by atoms with Crippen molar-refractivity contribution in [3.8, 4) is 5.75 Å². The van der Waals surface area contributed by atoms with Crippen LogP contribution in [0.5, 0.6) is 5.75 Å². The molecule has 5 atom stereocenters. The number of rotatable bonds is 7. The summed E-state index contributed by atoms with van der Waals surface area (Å²) in [7, 11) is -4.05. The minimum Gasteiger partial charge on any atom is -0.444 e. The van der Waals surface area contributed by atoms with Gasteiger partial charge in [0.15, 0.2) is 0 Å². The van der Waals surface area contributed by atoms with Crippen molar-refractivity contribution >= 4 is 39.5 Å². The van der Waals surface area contributed by atoms with Gasteiger partial charge in [-0.3, -0.25) is 24.0 Å². The molecule has 2 aromatic carbocycles. The third-order valence-electron chi connectivity index (χ3n) is 11.4. The van der Waals surface area contributed by atoms with E-state index in [0.717, 1.165) is 18.6 Å². The maximum absolute atomic E-state index is 14.5. The van der Waals surface area contributed by atoms with E-state index in [-0.39, 0.29) is 38.9 Å². The van der Waals surface area contributed by atoms with Crippen molar-refractivity contribution in [1.82, 2.24) is 19.8 Å². The van der Waals surface area contributed by atoms with Gasteiger partial charge in [0.1, 0.15) is 35.3 Å². The summed E-state index contributed by atoms with van der Waals surface area (Å²) in [4.78, 5) is 58.6. The van der Waals surface area contributed by atoms with Crippen molar-refractivity contribution in [3.63, 3.8) is 0 Å². The van der Waals surface area contributed by atoms with E-state index >= 15 is 0 Å². The first-order valence-electron chi connectivity index (χ1n) is 18.7. The number of nitrogens with zero attached hydrogens (tertiary/aromatic N) is 2. The molecule has 3 fully saturated rings. The monoisotopic (exact) mass is 805 g/mol. The van der Waals surface area contributed by atoms with Crippen LogP contribution in [0.15, 0.2) is 54.6 Å². The minimum absolute atomic E-state index is 0.0343. The maximum Gasteiger partial charge on any atom is 0.573 e. The van der Waals surface area contributed by atoms with Crippen LogP contribution in [0.2, 0.25) is 0 Å². The Hall–Kier alpha value is -4.87. The second-order valence-electron chi connectivity index (χ2n) is 15.5. The number of ether oxygens (including phenoxy) is 2. The van der Waals surface area contributed by atoms with E-state index in [1.165, 1.54) is 34.9 Å². The van der Waals surface area contributed by atoms with Gasteiger partial charge in [-0.1, -0.05) is 37.1 Å². The standard InChI is InChI=1S/C38H43F4N5O8S/c1-36(16-17-36)56(52,53)45-34(50)37-19-24(37)9-5-3-2-4-6-11-30(43-25-12-14-26(15-13-25)55-38(40,41)42)33(49)47-21-27(18-31(47)32(48)44-37)54-35(51)46-20-23-8-7-10-29(39)28(23)22-46/h5,7-10,12-15,24,27,30-31,43H,2-4,6,11,16-22H2,1H3,(H,44,48)(H,45,50)/b9-5-/t24-,27-,30+,31+,37-/m1/s1. The van der Waals surface area contributed by atoms with Crippen LogP contribution in [0.1, 0.15) is 75.8 Å². The van der Waals surface area contributed by atoms with Gasteiger partial charge >= 0.3 is 12.5 Å². The summed E-state index contributed by atoms with van der Waals surface area (Å²) in [6.07, 6.45) is 0.622. The first-order valence-corrected chi connectivity index (χ1v) is 20.2. The average Bonchev–Trinajstić information content (AvgIpc) is 3.92. The van der Waals surface area contributed by atoms with Crippen LogP contribution in [0.4, 0.5) is 28.0 Å². The van der Waals surface area contributed by atoms with Crippen LogP contribution >= 0.6 is 0 Å². The molecular formula is C38H43F4N5O8S. The van der Waals surface area contributed by atoms with Crippen molar-refractivity contribution < 1.29 is 54.6 Å². The fourth-order valence-corrected chi connectivity index (χ4v) is 8.94. The molecule has 3 aliphatic heterocycles. The minimum atomic E-state index is -4.90. The number of sulfonamides is 1. The van der Waals surface area contributed by atoms with Crippen molar-refractivity contribution in [2.45, 2.75) is 113 Å². The molecule has 56 heavy (non-hydrogen) atoms. The van der Waals surface area contributed by atoms with Gasteiger partial charge in [0.2, 0.25) is 21.8 Å². The van der Waals surface area contributed by atoms with Crippen LogP contribution in [0, 0.1) is 11.7 Å². The zero-order valence-electron chi connectivity index (χ0n) is 30.6. The molecule has 2 saturated carbocycles. The molecule has 3 heterocycles. The molecule has 18 heteroatoms. The second-order valence-corrected chi connectivity index (χ2v) is 17.7. The van der Waals surface area contributed by atoms with E-state index in [1.807, 2.05) is 6.08 Å². The van der Waals surface area contributed by atoms with Crippen LogP contribution in [0.3, 0.4) is 0 Å². The van der Waals surface area contributed by atoms with Crippen molar-refractivity contribution in [2.24, 2.45) is 5.92 Å². The summed E-state index contributed by atoms with van der Waals surface area (Å²) in [5.41, 5.74) is -0.320. The van der Waals surface area contributed by atoms with Crippen molar-refractivity contribution in [2.75, 3.05) is 11.9 Å². The lowest BCUT2D eigenvalue weighted by atomic mass is 10.0. The van der Waals surface area contributed by atoms with Gasteiger partial charge in [-0.25, -0.2) is 17.6 Å². The van der Waals surface area contributed by atoms with Gasteiger partial charge in [0.25, 0.3) is 5.91 Å². The number of allylic oxidation sites excluding steroid dienone is 1. The van der Waals surface area contributed by atoms with Crippen LogP contribution in [-0.4, -0.2) is 83.4 Å². The summed E-state index contributed by atoms with van der Waals surface area (Å²) < 4.78 is 89.9. The molecule has 5 aliphatic rings. The Bertz CT molecular complexity index is 2030. The highest BCUT2D eigenvalue weighted by atomic mass is 32.2. The van der Waals surface area contributed by atoms with E-state index in [9.17, 15) is 45.2 Å². The van der Waals surface area contributed by atoms with Gasteiger partial charge in [-0.05, 0) is 81.3 Å². The third kappa shape index (κ3) is 8.30. The number of nitrogens with one attached hydrogen (secondary N) is 3. The molecule has 7 rings (SSSR count). The predicted octanol–water partition coefficient (Wildman–Crippen LogP) is 5.02. The summed E-state index contributed by atoms with van der Waals surface area (Å²) in [5.74, 6) is -3.62. The summed E-state index contributed by atoms with van der Waals surface area (Å²) in [6, 6.07) is 7.16. The molecular weight excluding hydrogens is 763 g/mol. The zero-order chi connectivity index (χ0) is 40.0. The van der Waals surface area contributed by atoms with E-state index in [2.05, 4.69) is 20.1 Å². The Morgan fingerprint density at radius 1 is 1.02 bits per heavy atom. The van der Waals surface area contributed by atoms with E-state index in [1.54, 1.807) is 18.2 Å². The number of carbonyl (C=O) groups excluding carboxylic acids is 4. The van der Waals surface area contributed by atoms with E-state index < -0.39 is 86.2 Å². The molecule has 13 nitrogen and oxygen atoms in total. The number of anilines is 1. The molecule has 1 saturated heterocycles. The smallest absolute Gasteiger partial charge is 0.444 e. The first kappa shape index (κ1) is 39.4. The van der Waals surface area contributed by atoms with E-state index in [0.29, 0.717) is 48.9 Å². The van der Waals surface area contributed by atoms with E-state index in [4.69, 9.17) is 4.74 Å². The predicted molar refractivity (Wildman–Crippen MR) is 192 cm³/mol. The number of amides is 4. The molecule has 2 aromatic rings. The van der Waals surface area contributed by atoms with Gasteiger partial charge in [0, 0.05) is 30.1 Å². The summed E-state index contributed by atoms with van der Waals surface area (Å²) in [6.45, 7) is 1.38. The number of alkyl halides is 3. The molecule has 4 amide bonds. The van der Waals surface area contributed by atoms with Gasteiger partial charge < -0.3 is 25.0 Å². The Labute approximate surface area is 321 Å². The molecule has 0 aromatic heterocycles. The highest BCUT2D eigenvalue weighted by Crippen LogP contribution is 2.47. The Morgan fingerprint density at radius 3 is 2.46 bits per heavy atom. The fourth-order valence-electron chi connectivity index (χ4n) is 7.63. The zero-order valence-corrected chi connectivity index (χ0v) is 31.4. The lowest BCUT2D eigenvalue weighted by Crippen LogP contribution is -2.58. The highest BCUT2D eigenvalue weighted by Gasteiger charge is 2.63. The Balaban J connectivity index is 1.14. The van der Waals surface area contributed by atoms with Crippen LogP contribution in [0.25, 0.3) is 0 Å². The quantitative estimate of drug-likeness (QED) is 0.258. The molecule has 0 spiro atoms. The van der Waals surface area contributed by atoms with Crippen molar-refractivity contribution in [3.05, 3.63) is 71.6 Å². The number of halogens is 4. The normalized spacial score (nSPS) is 28.0. The highest BCUT2D eigenvalue weighted by molar-refractivity contribution is 7.91. The number of benzene rings is 2. The summed E-state index contributed by atoms with van der Waals surface area (Å²) in [5, 5.41) is 5.87. The van der Waals surface area contributed by atoms with Crippen LogP contribution in [-0.2, 0) is 42.2 Å². The SMILES string of the molecule is CC1(S(=O)(=O)NC(=O)[C@@]23C[C@H]2/C=C\CCCCC[C@H](Nc2ccc(OC(F)(F)F)cc2)C(=O)N2C[C@H](OC(=O)N4Cc5cccc(F)c5C4)C[C@H]2C(=O)N3)CC1. The van der Waals surface area contributed by atoms with Gasteiger partial charge in [-0.15, -0.1) is 13.2 Å². The molecule has 3 N–H and O–H groups in total. The molecule has 2 aliphatic carbocycles. The molecule has 302 valence electrons. The molecule has 0 radical (unpaired) electrons. The summed E-state index contributed by atoms with van der Waals surface area (Å²) >= 11 is 0. The van der Waals surface area contributed by atoms with Crippen LogP contribution < -0.4 is 20.1 Å². The topological polar surface area (TPSA) is 163 Å².